The summed E-state index contributed by atoms with van der Waals surface area (Å²) in [5.41, 5.74) is 1.83. The molecule has 0 spiro atoms. The van der Waals surface area contributed by atoms with E-state index in [2.05, 4.69) is 5.10 Å². The van der Waals surface area contributed by atoms with Gasteiger partial charge in [0.15, 0.2) is 0 Å². The molecule has 90 valence electrons. The van der Waals surface area contributed by atoms with Gasteiger partial charge >= 0.3 is 5.97 Å². The Hall–Kier alpha value is -1.88. The number of nitrogens with zero attached hydrogens (tertiary/aromatic N) is 2. The quantitative estimate of drug-likeness (QED) is 0.854. The molecule has 0 saturated carbocycles. The molecule has 0 unspecified atom stereocenters. The van der Waals surface area contributed by atoms with E-state index in [4.69, 9.17) is 9.84 Å². The van der Waals surface area contributed by atoms with Crippen molar-refractivity contribution in [3.63, 3.8) is 0 Å². The van der Waals surface area contributed by atoms with Crippen LogP contribution in [-0.4, -0.2) is 27.5 Å². The Morgan fingerprint density at radius 1 is 1.47 bits per heavy atom. The first-order chi connectivity index (χ1) is 8.22. The zero-order valence-electron chi connectivity index (χ0n) is 9.59. The van der Waals surface area contributed by atoms with Gasteiger partial charge in [-0.25, -0.2) is 4.79 Å². The Bertz CT molecular complexity index is 534. The van der Waals surface area contributed by atoms with Gasteiger partial charge in [-0.2, -0.15) is 5.10 Å². The molecule has 2 aromatic rings. The number of rotatable bonds is 5. The van der Waals surface area contributed by atoms with E-state index >= 15 is 0 Å². The minimum absolute atomic E-state index is 0.222. The Morgan fingerprint density at radius 2 is 2.24 bits per heavy atom. The van der Waals surface area contributed by atoms with Crippen molar-refractivity contribution in [1.29, 1.82) is 0 Å². The molecule has 0 aliphatic carbocycles. The molecule has 1 aromatic carbocycles. The standard InChI is InChI=1S/C12H14N2O3/c1-2-14-11-6-4-3-5-9(11)10(13-14)7-17-8-12(15)16/h3-6H,2,7-8H2,1H3,(H,15,16). The summed E-state index contributed by atoms with van der Waals surface area (Å²) < 4.78 is 6.96. The Morgan fingerprint density at radius 3 is 2.94 bits per heavy atom. The number of ether oxygens (including phenoxy) is 1. The summed E-state index contributed by atoms with van der Waals surface area (Å²) >= 11 is 0. The molecule has 1 aromatic heterocycles. The first-order valence-corrected chi connectivity index (χ1v) is 5.46. The minimum Gasteiger partial charge on any atom is -0.480 e. The number of benzene rings is 1. The predicted molar refractivity (Wildman–Crippen MR) is 62.7 cm³/mol. The number of hydrogen-bond acceptors (Lipinski definition) is 3. The number of fused-ring (bicyclic) bond motifs is 1. The van der Waals surface area contributed by atoms with Crippen molar-refractivity contribution in [3.05, 3.63) is 30.0 Å². The van der Waals surface area contributed by atoms with Gasteiger partial charge in [-0.15, -0.1) is 0 Å². The van der Waals surface area contributed by atoms with Crippen LogP contribution in [0.4, 0.5) is 0 Å². The first-order valence-electron chi connectivity index (χ1n) is 5.46. The van der Waals surface area contributed by atoms with Crippen LogP contribution in [0.15, 0.2) is 24.3 Å². The van der Waals surface area contributed by atoms with Crippen LogP contribution in [0.1, 0.15) is 12.6 Å². The molecule has 0 aliphatic rings. The number of aliphatic carboxylic acids is 1. The van der Waals surface area contributed by atoms with Gasteiger partial charge in [0.1, 0.15) is 6.61 Å². The molecule has 17 heavy (non-hydrogen) atoms. The highest BCUT2D eigenvalue weighted by molar-refractivity contribution is 5.81. The van der Waals surface area contributed by atoms with Crippen molar-refractivity contribution in [2.75, 3.05) is 6.61 Å². The number of hydrogen-bond donors (Lipinski definition) is 1. The van der Waals surface area contributed by atoms with E-state index in [1.54, 1.807) is 0 Å². The third kappa shape index (κ3) is 2.45. The van der Waals surface area contributed by atoms with Crippen LogP contribution in [0.5, 0.6) is 0 Å². The van der Waals surface area contributed by atoms with Crippen molar-refractivity contribution in [2.45, 2.75) is 20.1 Å². The summed E-state index contributed by atoms with van der Waals surface area (Å²) in [4.78, 5) is 10.4. The third-order valence-corrected chi connectivity index (χ3v) is 2.50. The summed E-state index contributed by atoms with van der Waals surface area (Å²) in [5, 5.41) is 13.9. The highest BCUT2D eigenvalue weighted by atomic mass is 16.5. The Kier molecular flexibility index (Phi) is 3.39. The van der Waals surface area contributed by atoms with E-state index in [1.807, 2.05) is 35.9 Å². The van der Waals surface area contributed by atoms with Gasteiger partial charge < -0.3 is 9.84 Å². The lowest BCUT2D eigenvalue weighted by Crippen LogP contribution is -2.07. The summed E-state index contributed by atoms with van der Waals surface area (Å²) in [7, 11) is 0. The first kappa shape index (κ1) is 11.6. The van der Waals surface area contributed by atoms with Gasteiger partial charge in [-0.3, -0.25) is 4.68 Å². The molecular weight excluding hydrogens is 220 g/mol. The van der Waals surface area contributed by atoms with E-state index in [-0.39, 0.29) is 13.2 Å². The molecule has 2 rings (SSSR count). The van der Waals surface area contributed by atoms with E-state index in [0.717, 1.165) is 23.1 Å². The fourth-order valence-corrected chi connectivity index (χ4v) is 1.78. The number of aromatic nitrogens is 2. The molecule has 1 N–H and O–H groups in total. The van der Waals surface area contributed by atoms with Crippen LogP contribution in [0.25, 0.3) is 10.9 Å². The molecule has 0 bridgehead atoms. The van der Waals surface area contributed by atoms with Crippen molar-refractivity contribution in [1.82, 2.24) is 9.78 Å². The molecular formula is C12H14N2O3. The molecule has 0 amide bonds. The maximum Gasteiger partial charge on any atom is 0.329 e. The molecule has 0 aliphatic heterocycles. The fourth-order valence-electron chi connectivity index (χ4n) is 1.78. The van der Waals surface area contributed by atoms with Crippen molar-refractivity contribution < 1.29 is 14.6 Å². The molecule has 0 radical (unpaired) electrons. The van der Waals surface area contributed by atoms with Gasteiger partial charge in [0.2, 0.25) is 0 Å². The second-order valence-electron chi connectivity index (χ2n) is 3.67. The summed E-state index contributed by atoms with van der Waals surface area (Å²) in [6.45, 7) is 2.72. The van der Waals surface area contributed by atoms with E-state index in [0.29, 0.717) is 0 Å². The predicted octanol–water partition coefficient (Wildman–Crippen LogP) is 1.66. The van der Waals surface area contributed by atoms with E-state index in [9.17, 15) is 4.79 Å². The minimum atomic E-state index is -0.968. The monoisotopic (exact) mass is 234 g/mol. The zero-order valence-corrected chi connectivity index (χ0v) is 9.59. The van der Waals surface area contributed by atoms with Crippen molar-refractivity contribution in [2.24, 2.45) is 0 Å². The highest BCUT2D eigenvalue weighted by Crippen LogP contribution is 2.18. The normalized spacial score (nSPS) is 10.9. The van der Waals surface area contributed by atoms with Crippen LogP contribution in [0.3, 0.4) is 0 Å². The topological polar surface area (TPSA) is 64.4 Å². The molecule has 5 nitrogen and oxygen atoms in total. The maximum absolute atomic E-state index is 10.4. The zero-order chi connectivity index (χ0) is 12.3. The molecule has 0 atom stereocenters. The number of carboxylic acid groups (broad SMARTS) is 1. The fraction of sp³-hybridized carbons (Fsp3) is 0.333. The van der Waals surface area contributed by atoms with Gasteiger partial charge in [0.25, 0.3) is 0 Å². The van der Waals surface area contributed by atoms with Crippen molar-refractivity contribution in [3.8, 4) is 0 Å². The average molecular weight is 234 g/mol. The lowest BCUT2D eigenvalue weighted by Gasteiger charge is -1.97. The van der Waals surface area contributed by atoms with Crippen LogP contribution in [0.2, 0.25) is 0 Å². The lowest BCUT2D eigenvalue weighted by molar-refractivity contribution is -0.142. The molecule has 0 fully saturated rings. The Labute approximate surface area is 98.6 Å². The van der Waals surface area contributed by atoms with Gasteiger partial charge in [0, 0.05) is 11.9 Å². The molecule has 5 heteroatoms. The average Bonchev–Trinajstić information content (AvgIpc) is 2.68. The lowest BCUT2D eigenvalue weighted by atomic mass is 10.2. The SMILES string of the molecule is CCn1nc(COCC(=O)O)c2ccccc21. The van der Waals surface area contributed by atoms with E-state index < -0.39 is 5.97 Å². The smallest absolute Gasteiger partial charge is 0.329 e. The highest BCUT2D eigenvalue weighted by Gasteiger charge is 2.09. The number of para-hydroxylation sites is 1. The van der Waals surface area contributed by atoms with E-state index in [1.165, 1.54) is 0 Å². The van der Waals surface area contributed by atoms with Gasteiger partial charge in [0.05, 0.1) is 17.8 Å². The number of carbonyl (C=O) groups is 1. The largest absolute Gasteiger partial charge is 0.480 e. The summed E-state index contributed by atoms with van der Waals surface area (Å²) in [6.07, 6.45) is 0. The summed E-state index contributed by atoms with van der Waals surface area (Å²) in [6, 6.07) is 7.85. The van der Waals surface area contributed by atoms with Crippen LogP contribution < -0.4 is 0 Å². The summed E-state index contributed by atoms with van der Waals surface area (Å²) in [5.74, 6) is -0.968. The number of aryl methyl sites for hydroxylation is 1. The molecule has 0 saturated heterocycles. The van der Waals surface area contributed by atoms with Crippen LogP contribution >= 0.6 is 0 Å². The maximum atomic E-state index is 10.4. The Balaban J connectivity index is 2.24. The van der Waals surface area contributed by atoms with Gasteiger partial charge in [-0.1, -0.05) is 18.2 Å². The van der Waals surface area contributed by atoms with Crippen LogP contribution in [-0.2, 0) is 22.7 Å². The van der Waals surface area contributed by atoms with Gasteiger partial charge in [-0.05, 0) is 13.0 Å². The molecule has 1 heterocycles. The second kappa shape index (κ2) is 4.97. The second-order valence-corrected chi connectivity index (χ2v) is 3.67. The number of carboxylic acids is 1. The third-order valence-electron chi connectivity index (χ3n) is 2.50. The van der Waals surface area contributed by atoms with Crippen LogP contribution in [0, 0.1) is 0 Å². The van der Waals surface area contributed by atoms with Crippen molar-refractivity contribution >= 4 is 16.9 Å².